The van der Waals surface area contributed by atoms with Crippen molar-refractivity contribution in [1.82, 2.24) is 0 Å². The van der Waals surface area contributed by atoms with Crippen LogP contribution < -0.4 is 4.74 Å². The van der Waals surface area contributed by atoms with Crippen molar-refractivity contribution in [2.75, 3.05) is 33.3 Å². The van der Waals surface area contributed by atoms with Crippen LogP contribution in [-0.2, 0) is 0 Å². The molecule has 17 heavy (non-hydrogen) atoms. The van der Waals surface area contributed by atoms with E-state index in [0.717, 1.165) is 24.8 Å². The minimum absolute atomic E-state index is 0.827. The van der Waals surface area contributed by atoms with E-state index in [1.807, 2.05) is 30.3 Å². The lowest BCUT2D eigenvalue weighted by Crippen LogP contribution is -2.52. The molecule has 0 bridgehead atoms. The van der Waals surface area contributed by atoms with Crippen LogP contribution in [0.5, 0.6) is 5.75 Å². The molecular weight excluding hydrogens is 210 g/mol. The molecule has 2 heteroatoms. The second-order valence-electron chi connectivity index (χ2n) is 5.66. The van der Waals surface area contributed by atoms with Crippen LogP contribution in [0.4, 0.5) is 0 Å². The van der Waals surface area contributed by atoms with E-state index in [9.17, 15) is 0 Å². The van der Waals surface area contributed by atoms with E-state index >= 15 is 0 Å². The van der Waals surface area contributed by atoms with Gasteiger partial charge in [-0.15, -0.1) is 0 Å². The molecule has 2 nitrogen and oxygen atoms in total. The topological polar surface area (TPSA) is 9.23 Å². The van der Waals surface area contributed by atoms with Crippen LogP contribution in [0.25, 0.3) is 0 Å². The van der Waals surface area contributed by atoms with E-state index in [0.29, 0.717) is 0 Å². The fourth-order valence-corrected chi connectivity index (χ4v) is 2.86. The highest BCUT2D eigenvalue weighted by Crippen LogP contribution is 2.21. The Kier molecular flexibility index (Phi) is 4.06. The molecule has 1 fully saturated rings. The summed E-state index contributed by atoms with van der Waals surface area (Å²) in [7, 11) is 2.37. The number of benzene rings is 1. The number of rotatable bonds is 4. The van der Waals surface area contributed by atoms with Crippen molar-refractivity contribution >= 4 is 0 Å². The number of likely N-dealkylation sites (N-methyl/N-ethyl adjacent to an activating group) is 1. The molecule has 1 heterocycles. The van der Waals surface area contributed by atoms with E-state index in [-0.39, 0.29) is 0 Å². The first-order chi connectivity index (χ1) is 8.18. The molecule has 0 N–H and O–H groups in total. The second kappa shape index (κ2) is 5.54. The van der Waals surface area contributed by atoms with Crippen LogP contribution >= 0.6 is 0 Å². The maximum absolute atomic E-state index is 5.79. The molecule has 1 aliphatic rings. The monoisotopic (exact) mass is 234 g/mol. The van der Waals surface area contributed by atoms with Gasteiger partial charge in [-0.2, -0.15) is 0 Å². The lowest BCUT2D eigenvalue weighted by Gasteiger charge is -2.40. The smallest absolute Gasteiger partial charge is 0.137 e. The first-order valence-corrected chi connectivity index (χ1v) is 6.69. The van der Waals surface area contributed by atoms with Gasteiger partial charge in [0.25, 0.3) is 0 Å². The van der Waals surface area contributed by atoms with Crippen LogP contribution in [0, 0.1) is 5.92 Å². The number of nitrogens with zero attached hydrogens (tertiary/aromatic N) is 1. The summed E-state index contributed by atoms with van der Waals surface area (Å²) in [6.07, 6.45) is 2.76. The third-order valence-corrected chi connectivity index (χ3v) is 3.79. The third kappa shape index (κ3) is 3.74. The number of ether oxygens (including phenoxy) is 1. The average Bonchev–Trinajstić information content (AvgIpc) is 2.30. The van der Waals surface area contributed by atoms with Gasteiger partial charge < -0.3 is 9.22 Å². The highest BCUT2D eigenvalue weighted by atomic mass is 16.5. The summed E-state index contributed by atoms with van der Waals surface area (Å²) in [5, 5.41) is 0. The first-order valence-electron chi connectivity index (χ1n) is 6.69. The van der Waals surface area contributed by atoms with E-state index in [4.69, 9.17) is 4.74 Å². The fraction of sp³-hybridized carbons (Fsp3) is 0.600. The first kappa shape index (κ1) is 12.4. The molecule has 1 saturated heterocycles. The molecule has 0 amide bonds. The van der Waals surface area contributed by atoms with Gasteiger partial charge in [-0.3, -0.25) is 0 Å². The highest BCUT2D eigenvalue weighted by Gasteiger charge is 2.28. The Bertz CT molecular complexity index is 338. The van der Waals surface area contributed by atoms with Crippen molar-refractivity contribution in [3.05, 3.63) is 30.3 Å². The van der Waals surface area contributed by atoms with Gasteiger partial charge in [-0.05, 0) is 25.0 Å². The molecule has 94 valence electrons. The largest absolute Gasteiger partial charge is 0.488 e. The summed E-state index contributed by atoms with van der Waals surface area (Å²) in [6, 6.07) is 10.1. The molecule has 2 atom stereocenters. The molecule has 0 radical (unpaired) electrons. The Morgan fingerprint density at radius 2 is 2.06 bits per heavy atom. The molecule has 1 aliphatic heterocycles. The second-order valence-corrected chi connectivity index (χ2v) is 5.66. The Balaban J connectivity index is 1.78. The molecule has 0 spiro atoms. The van der Waals surface area contributed by atoms with Crippen molar-refractivity contribution in [2.24, 2.45) is 5.92 Å². The Morgan fingerprint density at radius 1 is 1.29 bits per heavy atom. The fourth-order valence-electron chi connectivity index (χ4n) is 2.86. The number of piperidine rings is 1. The van der Waals surface area contributed by atoms with Crippen molar-refractivity contribution in [3.8, 4) is 5.75 Å². The standard InChI is InChI=1S/C15H24NO/c1-14-7-6-10-16(2,13-14)11-12-17-15-8-4-3-5-9-15/h3-5,8-9,14H,6-7,10-13H2,1-2H3/q+1/t14-,16?/m1/s1. The van der Waals surface area contributed by atoms with Gasteiger partial charge in [0.05, 0.1) is 20.1 Å². The predicted molar refractivity (Wildman–Crippen MR) is 71.1 cm³/mol. The van der Waals surface area contributed by atoms with Crippen LogP contribution in [-0.4, -0.2) is 37.8 Å². The van der Waals surface area contributed by atoms with Gasteiger partial charge in [0.15, 0.2) is 0 Å². The number of hydrogen-bond donors (Lipinski definition) is 0. The Labute approximate surface area is 105 Å². The average molecular weight is 234 g/mol. The van der Waals surface area contributed by atoms with Crippen LogP contribution in [0.2, 0.25) is 0 Å². The van der Waals surface area contributed by atoms with Crippen LogP contribution in [0.1, 0.15) is 19.8 Å². The number of para-hydroxylation sites is 1. The van der Waals surface area contributed by atoms with E-state index in [1.165, 1.54) is 30.4 Å². The summed E-state index contributed by atoms with van der Waals surface area (Å²) in [6.45, 7) is 6.93. The van der Waals surface area contributed by atoms with Gasteiger partial charge in [-0.1, -0.05) is 25.1 Å². The quantitative estimate of drug-likeness (QED) is 0.728. The zero-order chi connectivity index (χ0) is 12.1. The van der Waals surface area contributed by atoms with Crippen molar-refractivity contribution in [1.29, 1.82) is 0 Å². The van der Waals surface area contributed by atoms with Crippen molar-refractivity contribution < 1.29 is 9.22 Å². The van der Waals surface area contributed by atoms with Gasteiger partial charge in [-0.25, -0.2) is 0 Å². The molecule has 1 aromatic carbocycles. The Morgan fingerprint density at radius 3 is 2.76 bits per heavy atom. The van der Waals surface area contributed by atoms with Gasteiger partial charge in [0.1, 0.15) is 18.9 Å². The number of quaternary nitrogens is 1. The molecule has 0 saturated carbocycles. The number of likely N-dealkylation sites (tertiary alicyclic amines) is 1. The maximum Gasteiger partial charge on any atom is 0.137 e. The van der Waals surface area contributed by atoms with Gasteiger partial charge in [0, 0.05) is 5.92 Å². The minimum Gasteiger partial charge on any atom is -0.488 e. The van der Waals surface area contributed by atoms with Crippen LogP contribution in [0.3, 0.4) is 0 Å². The highest BCUT2D eigenvalue weighted by molar-refractivity contribution is 5.20. The summed E-state index contributed by atoms with van der Waals surface area (Å²) in [5.74, 6) is 1.86. The summed E-state index contributed by atoms with van der Waals surface area (Å²) < 4.78 is 6.97. The normalized spacial score (nSPS) is 28.9. The zero-order valence-corrected chi connectivity index (χ0v) is 11.1. The van der Waals surface area contributed by atoms with Gasteiger partial charge >= 0.3 is 0 Å². The molecule has 1 unspecified atom stereocenters. The Hall–Kier alpha value is -1.02. The summed E-state index contributed by atoms with van der Waals surface area (Å²) in [4.78, 5) is 0. The van der Waals surface area contributed by atoms with Crippen molar-refractivity contribution in [2.45, 2.75) is 19.8 Å². The SMILES string of the molecule is C[C@@H]1CCC[N+](C)(CCOc2ccccc2)C1. The van der Waals surface area contributed by atoms with E-state index < -0.39 is 0 Å². The van der Waals surface area contributed by atoms with Crippen molar-refractivity contribution in [3.63, 3.8) is 0 Å². The molecule has 1 aromatic rings. The number of hydrogen-bond acceptors (Lipinski definition) is 1. The zero-order valence-electron chi connectivity index (χ0n) is 11.1. The minimum atomic E-state index is 0.827. The van der Waals surface area contributed by atoms with Gasteiger partial charge in [0.2, 0.25) is 0 Å². The van der Waals surface area contributed by atoms with E-state index in [1.54, 1.807) is 0 Å². The summed E-state index contributed by atoms with van der Waals surface area (Å²) in [5.41, 5.74) is 0. The summed E-state index contributed by atoms with van der Waals surface area (Å²) >= 11 is 0. The molecule has 0 aromatic heterocycles. The molecule has 2 rings (SSSR count). The lowest BCUT2D eigenvalue weighted by atomic mass is 9.98. The maximum atomic E-state index is 5.79. The molecular formula is C15H24NO+. The van der Waals surface area contributed by atoms with E-state index in [2.05, 4.69) is 14.0 Å². The molecule has 0 aliphatic carbocycles. The lowest BCUT2D eigenvalue weighted by molar-refractivity contribution is -0.917. The predicted octanol–water partition coefficient (Wildman–Crippen LogP) is 2.94. The van der Waals surface area contributed by atoms with Crippen LogP contribution in [0.15, 0.2) is 30.3 Å². The third-order valence-electron chi connectivity index (χ3n) is 3.79.